The fraction of sp³-hybridized carbons (Fsp3) is 0.333. The smallest absolute Gasteiger partial charge is 0.228 e. The molecule has 2 aromatic rings. The lowest BCUT2D eigenvalue weighted by Gasteiger charge is -2.19. The van der Waals surface area contributed by atoms with E-state index < -0.39 is 32.1 Å². The van der Waals surface area contributed by atoms with Gasteiger partial charge in [-0.3, -0.25) is 0 Å². The highest BCUT2D eigenvalue weighted by Gasteiger charge is 2.33. The lowest BCUT2D eigenvalue weighted by molar-refractivity contribution is -0.137. The number of benzene rings is 1. The maximum atomic E-state index is 12.6. The van der Waals surface area contributed by atoms with Crippen LogP contribution in [0.4, 0.5) is 13.2 Å². The van der Waals surface area contributed by atoms with Gasteiger partial charge in [-0.05, 0) is 43.0 Å². The molecular weight excluding hydrogens is 333 g/mol. The molecule has 0 aliphatic rings. The molecule has 0 amide bonds. The predicted molar refractivity (Wildman–Crippen MR) is 81.5 cm³/mol. The van der Waals surface area contributed by atoms with E-state index in [1.54, 1.807) is 24.4 Å². The Morgan fingerprint density at radius 3 is 2.05 bits per heavy atom. The molecule has 22 heavy (non-hydrogen) atoms. The summed E-state index contributed by atoms with van der Waals surface area (Å²) in [6.45, 7) is 3.10. The maximum absolute atomic E-state index is 12.6. The van der Waals surface area contributed by atoms with Gasteiger partial charge in [0.25, 0.3) is 0 Å². The minimum absolute atomic E-state index is 0.358. The lowest BCUT2D eigenvalue weighted by atomic mass is 10.1. The van der Waals surface area contributed by atoms with E-state index in [4.69, 9.17) is 0 Å². The summed E-state index contributed by atoms with van der Waals surface area (Å²) < 4.78 is 62.8. The SMILES string of the molecule is CC(c1ccc(C(F)(F)F)cc1)S(=O)(=O)C(C)c1cccs1. The van der Waals surface area contributed by atoms with Gasteiger partial charge in [0.05, 0.1) is 16.1 Å². The molecule has 1 aromatic heterocycles. The Morgan fingerprint density at radius 2 is 1.59 bits per heavy atom. The van der Waals surface area contributed by atoms with Crippen molar-refractivity contribution in [3.8, 4) is 0 Å². The quantitative estimate of drug-likeness (QED) is 0.779. The van der Waals surface area contributed by atoms with Crippen LogP contribution in [-0.2, 0) is 16.0 Å². The second-order valence-corrected chi connectivity index (χ2v) is 8.58. The highest BCUT2D eigenvalue weighted by Crippen LogP contribution is 2.36. The second kappa shape index (κ2) is 6.04. The molecule has 1 heterocycles. The average molecular weight is 348 g/mol. The van der Waals surface area contributed by atoms with Gasteiger partial charge >= 0.3 is 6.18 Å². The fourth-order valence-corrected chi connectivity index (χ4v) is 4.91. The van der Waals surface area contributed by atoms with Crippen LogP contribution in [0.1, 0.15) is 40.4 Å². The predicted octanol–water partition coefficient (Wildman–Crippen LogP) is 5.00. The number of halogens is 3. The van der Waals surface area contributed by atoms with Crippen molar-refractivity contribution in [3.63, 3.8) is 0 Å². The van der Waals surface area contributed by atoms with Gasteiger partial charge in [-0.25, -0.2) is 8.42 Å². The zero-order valence-corrected chi connectivity index (χ0v) is 13.6. The summed E-state index contributed by atoms with van der Waals surface area (Å²) in [5, 5.41) is 0.237. The van der Waals surface area contributed by atoms with Gasteiger partial charge in [-0.2, -0.15) is 13.2 Å². The molecule has 2 nitrogen and oxygen atoms in total. The van der Waals surface area contributed by atoms with Gasteiger partial charge in [-0.15, -0.1) is 11.3 Å². The summed E-state index contributed by atoms with van der Waals surface area (Å²) in [6.07, 6.45) is -4.43. The highest BCUT2D eigenvalue weighted by molar-refractivity contribution is 7.92. The minimum Gasteiger partial charge on any atom is -0.228 e. The molecule has 2 rings (SSSR count). The summed E-state index contributed by atoms with van der Waals surface area (Å²) in [4.78, 5) is 0.721. The van der Waals surface area contributed by atoms with Crippen LogP contribution in [0.2, 0.25) is 0 Å². The van der Waals surface area contributed by atoms with E-state index in [2.05, 4.69) is 0 Å². The molecule has 0 saturated carbocycles. The summed E-state index contributed by atoms with van der Waals surface area (Å²) in [5.41, 5.74) is -0.427. The number of thiophene rings is 1. The molecule has 0 aliphatic heterocycles. The molecule has 2 atom stereocenters. The van der Waals surface area contributed by atoms with E-state index >= 15 is 0 Å². The van der Waals surface area contributed by atoms with Crippen LogP contribution < -0.4 is 0 Å². The monoisotopic (exact) mass is 348 g/mol. The van der Waals surface area contributed by atoms with Gasteiger partial charge in [0, 0.05) is 4.88 Å². The fourth-order valence-electron chi connectivity index (χ4n) is 2.12. The molecule has 1 aromatic carbocycles. The van der Waals surface area contributed by atoms with Crippen molar-refractivity contribution < 1.29 is 21.6 Å². The summed E-state index contributed by atoms with van der Waals surface area (Å²) >= 11 is 1.35. The summed E-state index contributed by atoms with van der Waals surface area (Å²) in [6, 6.07) is 7.80. The van der Waals surface area contributed by atoms with Gasteiger partial charge in [0.15, 0.2) is 9.84 Å². The van der Waals surface area contributed by atoms with E-state index in [-0.39, 0.29) is 0 Å². The second-order valence-electron chi connectivity index (χ2n) is 5.01. The third kappa shape index (κ3) is 3.35. The molecule has 0 radical (unpaired) electrons. The molecule has 0 bridgehead atoms. The topological polar surface area (TPSA) is 34.1 Å². The van der Waals surface area contributed by atoms with Gasteiger partial charge < -0.3 is 0 Å². The Labute approximate surface area is 131 Å². The summed E-state index contributed by atoms with van der Waals surface area (Å²) in [5.74, 6) is 0. The number of sulfone groups is 1. The van der Waals surface area contributed by atoms with Crippen molar-refractivity contribution in [2.45, 2.75) is 30.5 Å². The van der Waals surface area contributed by atoms with Crippen molar-refractivity contribution in [1.29, 1.82) is 0 Å². The van der Waals surface area contributed by atoms with E-state index in [1.165, 1.54) is 30.4 Å². The highest BCUT2D eigenvalue weighted by atomic mass is 32.2. The third-order valence-electron chi connectivity index (χ3n) is 3.64. The van der Waals surface area contributed by atoms with E-state index in [9.17, 15) is 21.6 Å². The Balaban J connectivity index is 2.29. The molecule has 0 N–H and O–H groups in total. The van der Waals surface area contributed by atoms with Crippen LogP contribution in [0, 0.1) is 0 Å². The van der Waals surface area contributed by atoms with Gasteiger partial charge in [-0.1, -0.05) is 18.2 Å². The normalized spacial score (nSPS) is 15.5. The van der Waals surface area contributed by atoms with Crippen LogP contribution >= 0.6 is 11.3 Å². The Bertz CT molecular complexity index is 717. The molecular formula is C15H15F3O2S2. The Hall–Kier alpha value is -1.34. The first kappa shape index (κ1) is 17.0. The van der Waals surface area contributed by atoms with Crippen LogP contribution in [0.3, 0.4) is 0 Å². The van der Waals surface area contributed by atoms with Crippen LogP contribution in [0.15, 0.2) is 41.8 Å². The van der Waals surface area contributed by atoms with Crippen molar-refractivity contribution >= 4 is 21.2 Å². The standard InChI is InChI=1S/C15H15F3O2S2/c1-10(12-5-7-13(8-6-12)15(16,17)18)22(19,20)11(2)14-4-3-9-21-14/h3-11H,1-2H3. The number of alkyl halides is 3. The van der Waals surface area contributed by atoms with Crippen LogP contribution in [-0.4, -0.2) is 8.42 Å². The average Bonchev–Trinajstić information content (AvgIpc) is 2.98. The first-order valence-corrected chi connectivity index (χ1v) is 9.06. The van der Waals surface area contributed by atoms with Crippen molar-refractivity contribution in [2.24, 2.45) is 0 Å². The largest absolute Gasteiger partial charge is 0.416 e. The Kier molecular flexibility index (Phi) is 4.67. The molecule has 7 heteroatoms. The van der Waals surface area contributed by atoms with Gasteiger partial charge in [0.1, 0.15) is 0 Å². The Morgan fingerprint density at radius 1 is 1.00 bits per heavy atom. The van der Waals surface area contributed by atoms with Crippen LogP contribution in [0.25, 0.3) is 0 Å². The number of hydrogen-bond donors (Lipinski definition) is 0. The maximum Gasteiger partial charge on any atom is 0.416 e. The molecule has 0 saturated heterocycles. The van der Waals surface area contributed by atoms with Crippen molar-refractivity contribution in [2.75, 3.05) is 0 Å². The number of rotatable bonds is 4. The van der Waals surface area contributed by atoms with Crippen molar-refractivity contribution in [1.82, 2.24) is 0 Å². The molecule has 0 fully saturated rings. The van der Waals surface area contributed by atoms with E-state index in [0.717, 1.165) is 17.0 Å². The van der Waals surface area contributed by atoms with E-state index in [1.807, 2.05) is 0 Å². The molecule has 0 spiro atoms. The van der Waals surface area contributed by atoms with Gasteiger partial charge in [0.2, 0.25) is 0 Å². The van der Waals surface area contributed by atoms with E-state index in [0.29, 0.717) is 5.56 Å². The summed E-state index contributed by atoms with van der Waals surface area (Å²) in [7, 11) is -3.53. The molecule has 2 unspecified atom stereocenters. The van der Waals surface area contributed by atoms with Crippen LogP contribution in [0.5, 0.6) is 0 Å². The molecule has 0 aliphatic carbocycles. The zero-order valence-electron chi connectivity index (χ0n) is 12.0. The first-order valence-electron chi connectivity index (χ1n) is 6.57. The third-order valence-corrected chi connectivity index (χ3v) is 7.34. The lowest BCUT2D eigenvalue weighted by Crippen LogP contribution is -2.16. The first-order chi connectivity index (χ1) is 10.1. The minimum atomic E-state index is -4.43. The van der Waals surface area contributed by atoms with Crippen molar-refractivity contribution in [3.05, 3.63) is 57.8 Å². The zero-order chi connectivity index (χ0) is 16.5. The number of hydrogen-bond acceptors (Lipinski definition) is 3. The molecule has 120 valence electrons.